The Balaban J connectivity index is 2.46. The van der Waals surface area contributed by atoms with Crippen LogP contribution in [0.4, 0.5) is 4.39 Å². The highest BCUT2D eigenvalue weighted by atomic mass is 19.1. The van der Waals surface area contributed by atoms with E-state index in [0.29, 0.717) is 5.41 Å². The first kappa shape index (κ1) is 12.2. The zero-order chi connectivity index (χ0) is 11.3. The van der Waals surface area contributed by atoms with Crippen LogP contribution in [0.25, 0.3) is 0 Å². The van der Waals surface area contributed by atoms with Gasteiger partial charge in [0, 0.05) is 0 Å². The third-order valence-electron chi connectivity index (χ3n) is 2.93. The van der Waals surface area contributed by atoms with Crippen molar-refractivity contribution in [2.45, 2.75) is 46.5 Å². The van der Waals surface area contributed by atoms with Crippen LogP contribution in [0.15, 0.2) is 24.3 Å². The fourth-order valence-electron chi connectivity index (χ4n) is 1.94. The molecule has 0 nitrogen and oxygen atoms in total. The Morgan fingerprint density at radius 3 is 2.20 bits per heavy atom. The second-order valence-corrected chi connectivity index (χ2v) is 5.04. The lowest BCUT2D eigenvalue weighted by Gasteiger charge is -2.23. The molecule has 84 valence electrons. The van der Waals surface area contributed by atoms with Crippen molar-refractivity contribution in [3.05, 3.63) is 35.6 Å². The molecule has 0 N–H and O–H groups in total. The number of hydrogen-bond donors (Lipinski definition) is 0. The molecule has 0 aromatic heterocycles. The van der Waals surface area contributed by atoms with Crippen LogP contribution in [-0.2, 0) is 6.42 Å². The molecule has 0 radical (unpaired) electrons. The quantitative estimate of drug-likeness (QED) is 0.664. The van der Waals surface area contributed by atoms with Gasteiger partial charge in [0.25, 0.3) is 0 Å². The van der Waals surface area contributed by atoms with Crippen LogP contribution in [0.5, 0.6) is 0 Å². The Hall–Kier alpha value is -0.850. The zero-order valence-corrected chi connectivity index (χ0v) is 10.0. The van der Waals surface area contributed by atoms with Crippen LogP contribution in [0, 0.1) is 11.2 Å². The molecule has 0 aliphatic heterocycles. The first-order valence-electron chi connectivity index (χ1n) is 5.78. The number of halogens is 1. The van der Waals surface area contributed by atoms with E-state index < -0.39 is 0 Å². The molecule has 0 aliphatic rings. The molecule has 1 aromatic carbocycles. The van der Waals surface area contributed by atoms with E-state index in [-0.39, 0.29) is 5.82 Å². The molecule has 0 spiro atoms. The highest BCUT2D eigenvalue weighted by Crippen LogP contribution is 2.28. The van der Waals surface area contributed by atoms with E-state index in [2.05, 4.69) is 20.8 Å². The summed E-state index contributed by atoms with van der Waals surface area (Å²) in [5.74, 6) is -0.147. The summed E-state index contributed by atoms with van der Waals surface area (Å²) in [6.07, 6.45) is 4.71. The topological polar surface area (TPSA) is 0 Å². The maximum absolute atomic E-state index is 12.7. The van der Waals surface area contributed by atoms with E-state index >= 15 is 0 Å². The first-order valence-corrected chi connectivity index (χ1v) is 5.78. The summed E-state index contributed by atoms with van der Waals surface area (Å²) in [7, 11) is 0. The van der Waals surface area contributed by atoms with Gasteiger partial charge in [-0.2, -0.15) is 0 Å². The van der Waals surface area contributed by atoms with Gasteiger partial charge in [-0.3, -0.25) is 0 Å². The Morgan fingerprint density at radius 1 is 1.07 bits per heavy atom. The SMILES string of the molecule is CCCC(C)(C)CCc1ccc(F)cc1. The van der Waals surface area contributed by atoms with E-state index in [1.807, 2.05) is 12.1 Å². The summed E-state index contributed by atoms with van der Waals surface area (Å²) in [6, 6.07) is 6.86. The van der Waals surface area contributed by atoms with Gasteiger partial charge in [-0.25, -0.2) is 4.39 Å². The summed E-state index contributed by atoms with van der Waals surface area (Å²) in [5.41, 5.74) is 1.64. The molecule has 0 amide bonds. The highest BCUT2D eigenvalue weighted by molar-refractivity contribution is 5.16. The fourth-order valence-corrected chi connectivity index (χ4v) is 1.94. The Bertz CT molecular complexity index is 285. The molecule has 1 heteroatoms. The Morgan fingerprint density at radius 2 is 1.67 bits per heavy atom. The maximum atomic E-state index is 12.7. The summed E-state index contributed by atoms with van der Waals surface area (Å²) < 4.78 is 12.7. The van der Waals surface area contributed by atoms with Crippen LogP contribution < -0.4 is 0 Å². The van der Waals surface area contributed by atoms with Gasteiger partial charge in [0.2, 0.25) is 0 Å². The monoisotopic (exact) mass is 208 g/mol. The van der Waals surface area contributed by atoms with Gasteiger partial charge >= 0.3 is 0 Å². The second-order valence-electron chi connectivity index (χ2n) is 5.04. The van der Waals surface area contributed by atoms with Gasteiger partial charge in [-0.1, -0.05) is 39.3 Å². The van der Waals surface area contributed by atoms with Crippen LogP contribution in [0.3, 0.4) is 0 Å². The Labute approximate surface area is 92.5 Å². The summed E-state index contributed by atoms with van der Waals surface area (Å²) >= 11 is 0. The van der Waals surface area contributed by atoms with Gasteiger partial charge in [0.15, 0.2) is 0 Å². The summed E-state index contributed by atoms with van der Waals surface area (Å²) in [4.78, 5) is 0. The van der Waals surface area contributed by atoms with Crippen LogP contribution in [0.1, 0.15) is 45.6 Å². The van der Waals surface area contributed by atoms with Gasteiger partial charge in [-0.15, -0.1) is 0 Å². The van der Waals surface area contributed by atoms with E-state index in [9.17, 15) is 4.39 Å². The average molecular weight is 208 g/mol. The van der Waals surface area contributed by atoms with E-state index in [0.717, 1.165) is 6.42 Å². The molecule has 1 aromatic rings. The molecule has 0 unspecified atom stereocenters. The van der Waals surface area contributed by atoms with Gasteiger partial charge in [0.1, 0.15) is 5.82 Å². The number of benzene rings is 1. The summed E-state index contributed by atoms with van der Waals surface area (Å²) in [6.45, 7) is 6.83. The molecule has 0 atom stereocenters. The van der Waals surface area contributed by atoms with Crippen molar-refractivity contribution >= 4 is 0 Å². The molecule has 15 heavy (non-hydrogen) atoms. The third-order valence-corrected chi connectivity index (χ3v) is 2.93. The van der Waals surface area contributed by atoms with Crippen LogP contribution >= 0.6 is 0 Å². The lowest BCUT2D eigenvalue weighted by atomic mass is 9.82. The van der Waals surface area contributed by atoms with Crippen molar-refractivity contribution in [2.24, 2.45) is 5.41 Å². The van der Waals surface area contributed by atoms with Gasteiger partial charge < -0.3 is 0 Å². The standard InChI is InChI=1S/C14H21F/c1-4-10-14(2,3)11-9-12-5-7-13(15)8-6-12/h5-8H,4,9-11H2,1-3H3. The first-order chi connectivity index (χ1) is 7.03. The molecule has 0 saturated carbocycles. The molecule has 0 aliphatic carbocycles. The largest absolute Gasteiger partial charge is 0.207 e. The second kappa shape index (κ2) is 5.29. The number of aryl methyl sites for hydroxylation is 1. The van der Waals surface area contributed by atoms with Crippen molar-refractivity contribution in [3.8, 4) is 0 Å². The smallest absolute Gasteiger partial charge is 0.123 e. The predicted octanol–water partition coefficient (Wildman–Crippen LogP) is 4.58. The minimum Gasteiger partial charge on any atom is -0.207 e. The van der Waals surface area contributed by atoms with Crippen LogP contribution in [0.2, 0.25) is 0 Å². The van der Waals surface area contributed by atoms with Crippen molar-refractivity contribution < 1.29 is 4.39 Å². The van der Waals surface area contributed by atoms with E-state index in [1.54, 1.807) is 12.1 Å². The molecule has 0 fully saturated rings. The van der Waals surface area contributed by atoms with Crippen molar-refractivity contribution in [3.63, 3.8) is 0 Å². The fraction of sp³-hybridized carbons (Fsp3) is 0.571. The minimum absolute atomic E-state index is 0.147. The molecule has 1 rings (SSSR count). The number of rotatable bonds is 5. The lowest BCUT2D eigenvalue weighted by Crippen LogP contribution is -2.11. The highest BCUT2D eigenvalue weighted by Gasteiger charge is 2.15. The molecule has 0 heterocycles. The van der Waals surface area contributed by atoms with Gasteiger partial charge in [-0.05, 0) is 42.4 Å². The zero-order valence-electron chi connectivity index (χ0n) is 10.0. The van der Waals surface area contributed by atoms with Gasteiger partial charge in [0.05, 0.1) is 0 Å². The maximum Gasteiger partial charge on any atom is 0.123 e. The minimum atomic E-state index is -0.147. The average Bonchev–Trinajstić information content (AvgIpc) is 2.17. The molecule has 0 bridgehead atoms. The van der Waals surface area contributed by atoms with E-state index in [4.69, 9.17) is 0 Å². The molecular weight excluding hydrogens is 187 g/mol. The number of hydrogen-bond acceptors (Lipinski definition) is 0. The molecule has 0 saturated heterocycles. The normalized spacial score (nSPS) is 11.7. The predicted molar refractivity (Wildman–Crippen MR) is 63.4 cm³/mol. The third kappa shape index (κ3) is 4.46. The van der Waals surface area contributed by atoms with Crippen molar-refractivity contribution in [1.82, 2.24) is 0 Å². The summed E-state index contributed by atoms with van der Waals surface area (Å²) in [5, 5.41) is 0. The van der Waals surface area contributed by atoms with Crippen molar-refractivity contribution in [2.75, 3.05) is 0 Å². The van der Waals surface area contributed by atoms with Crippen molar-refractivity contribution in [1.29, 1.82) is 0 Å². The Kier molecular flexibility index (Phi) is 4.31. The van der Waals surface area contributed by atoms with Crippen LogP contribution in [-0.4, -0.2) is 0 Å². The van der Waals surface area contributed by atoms with E-state index in [1.165, 1.54) is 24.8 Å². The molecular formula is C14H21F. The lowest BCUT2D eigenvalue weighted by molar-refractivity contribution is 0.304.